The number of fused-ring (bicyclic) bond motifs is 1. The summed E-state index contributed by atoms with van der Waals surface area (Å²) in [6.45, 7) is 3.51. The molecule has 3 atom stereocenters. The van der Waals surface area contributed by atoms with Crippen LogP contribution in [0.3, 0.4) is 0 Å². The predicted molar refractivity (Wildman–Crippen MR) is 138 cm³/mol. The number of aromatic amines is 2. The second-order valence-corrected chi connectivity index (χ2v) is 9.32. The molecular formula is C25H34N8O4. The van der Waals surface area contributed by atoms with Crippen LogP contribution in [-0.4, -0.2) is 63.3 Å². The highest BCUT2D eigenvalue weighted by molar-refractivity contribution is 5.95. The number of amides is 4. The molecule has 12 heteroatoms. The summed E-state index contributed by atoms with van der Waals surface area (Å²) in [4.78, 5) is 60.7. The second-order valence-electron chi connectivity index (χ2n) is 9.32. The maximum Gasteiger partial charge on any atom is 0.243 e. The number of aromatic nitrogens is 3. The van der Waals surface area contributed by atoms with Gasteiger partial charge in [-0.3, -0.25) is 19.2 Å². The molecule has 9 N–H and O–H groups in total. The Labute approximate surface area is 214 Å². The van der Waals surface area contributed by atoms with Crippen molar-refractivity contribution in [3.05, 3.63) is 54.2 Å². The van der Waals surface area contributed by atoms with Gasteiger partial charge in [0.25, 0.3) is 0 Å². The Kier molecular flexibility index (Phi) is 9.39. The van der Waals surface area contributed by atoms with Crippen molar-refractivity contribution < 1.29 is 19.2 Å². The van der Waals surface area contributed by atoms with Crippen molar-refractivity contribution in [1.82, 2.24) is 30.9 Å². The van der Waals surface area contributed by atoms with E-state index in [4.69, 9.17) is 11.5 Å². The number of carbonyl (C=O) groups excluding carboxylic acids is 4. The van der Waals surface area contributed by atoms with Gasteiger partial charge >= 0.3 is 0 Å². The first kappa shape index (κ1) is 27.4. The topological polar surface area (TPSA) is 201 Å². The molecule has 0 saturated carbocycles. The molecule has 0 aliphatic heterocycles. The second kappa shape index (κ2) is 12.7. The monoisotopic (exact) mass is 510 g/mol. The third kappa shape index (κ3) is 7.64. The molecule has 37 heavy (non-hydrogen) atoms. The van der Waals surface area contributed by atoms with E-state index in [2.05, 4.69) is 30.9 Å². The number of imidazole rings is 1. The van der Waals surface area contributed by atoms with Crippen LogP contribution in [0.4, 0.5) is 0 Å². The lowest BCUT2D eigenvalue weighted by Gasteiger charge is -2.25. The van der Waals surface area contributed by atoms with Crippen LogP contribution in [0.1, 0.15) is 31.5 Å². The minimum atomic E-state index is -1.07. The fourth-order valence-corrected chi connectivity index (χ4v) is 4.07. The number of primary amides is 1. The van der Waals surface area contributed by atoms with Gasteiger partial charge in [0.1, 0.15) is 18.1 Å². The van der Waals surface area contributed by atoms with Crippen LogP contribution in [0.25, 0.3) is 10.9 Å². The number of nitrogens with one attached hydrogen (secondary N) is 5. The highest BCUT2D eigenvalue weighted by Gasteiger charge is 2.30. The SMILES string of the molecule is CC(C)C[C@H](NC(=O)[C@H](Cc1cnc[nH]1)NC(=O)[C@H](Cc1c[nH]c2ccccc12)NC(=O)CN)C(N)=O. The molecule has 4 amide bonds. The van der Waals surface area contributed by atoms with Crippen LogP contribution in [0, 0.1) is 5.92 Å². The zero-order chi connectivity index (χ0) is 26.9. The number of nitrogens with zero attached hydrogens (tertiary/aromatic N) is 1. The summed E-state index contributed by atoms with van der Waals surface area (Å²) >= 11 is 0. The van der Waals surface area contributed by atoms with Crippen molar-refractivity contribution in [1.29, 1.82) is 0 Å². The van der Waals surface area contributed by atoms with Crippen molar-refractivity contribution in [2.24, 2.45) is 17.4 Å². The van der Waals surface area contributed by atoms with E-state index in [9.17, 15) is 19.2 Å². The van der Waals surface area contributed by atoms with Crippen molar-refractivity contribution in [2.45, 2.75) is 51.2 Å². The third-order valence-corrected chi connectivity index (χ3v) is 5.91. The fraction of sp³-hybridized carbons (Fsp3) is 0.400. The number of benzene rings is 1. The van der Waals surface area contributed by atoms with Crippen molar-refractivity contribution in [2.75, 3.05) is 6.54 Å². The van der Waals surface area contributed by atoms with Gasteiger partial charge in [0, 0.05) is 41.8 Å². The number of hydrogen-bond acceptors (Lipinski definition) is 6. The van der Waals surface area contributed by atoms with E-state index >= 15 is 0 Å². The van der Waals surface area contributed by atoms with Gasteiger partial charge in [-0.1, -0.05) is 32.0 Å². The summed E-state index contributed by atoms with van der Waals surface area (Å²) in [6, 6.07) is 4.62. The molecule has 0 aliphatic rings. The van der Waals surface area contributed by atoms with Gasteiger partial charge in [-0.15, -0.1) is 0 Å². The van der Waals surface area contributed by atoms with Crippen LogP contribution in [0.5, 0.6) is 0 Å². The molecule has 2 heterocycles. The molecule has 12 nitrogen and oxygen atoms in total. The zero-order valence-electron chi connectivity index (χ0n) is 20.9. The summed E-state index contributed by atoms with van der Waals surface area (Å²) in [7, 11) is 0. The predicted octanol–water partition coefficient (Wildman–Crippen LogP) is -0.379. The minimum Gasteiger partial charge on any atom is -0.368 e. The molecule has 0 aliphatic carbocycles. The van der Waals surface area contributed by atoms with Gasteiger partial charge in [-0.2, -0.15) is 0 Å². The summed E-state index contributed by atoms with van der Waals surface area (Å²) < 4.78 is 0. The van der Waals surface area contributed by atoms with Gasteiger partial charge in [0.2, 0.25) is 23.6 Å². The molecular weight excluding hydrogens is 476 g/mol. The Morgan fingerprint density at radius 1 is 0.946 bits per heavy atom. The smallest absolute Gasteiger partial charge is 0.243 e. The van der Waals surface area contributed by atoms with Crippen LogP contribution in [0.2, 0.25) is 0 Å². The molecule has 3 aromatic rings. The third-order valence-electron chi connectivity index (χ3n) is 5.91. The molecule has 0 fully saturated rings. The maximum atomic E-state index is 13.4. The Bertz CT molecular complexity index is 1220. The zero-order valence-corrected chi connectivity index (χ0v) is 20.9. The van der Waals surface area contributed by atoms with E-state index in [1.165, 1.54) is 12.5 Å². The van der Waals surface area contributed by atoms with Gasteiger partial charge in [-0.05, 0) is 24.0 Å². The van der Waals surface area contributed by atoms with Crippen molar-refractivity contribution >= 4 is 34.5 Å². The van der Waals surface area contributed by atoms with Gasteiger partial charge in [0.05, 0.1) is 12.9 Å². The molecule has 0 spiro atoms. The Morgan fingerprint density at radius 3 is 2.24 bits per heavy atom. The number of nitrogens with two attached hydrogens (primary N) is 2. The Balaban J connectivity index is 1.83. The standard InChI is InChI=1S/C25H34N8O4/c1-14(2)7-19(23(27)35)32-25(37)21(9-16-12-28-13-30-16)33-24(36)20(31-22(34)10-26)8-15-11-29-18-6-4-3-5-17(15)18/h3-6,11-14,19-21,29H,7-10,26H2,1-2H3,(H2,27,35)(H,28,30)(H,31,34)(H,32,37)(H,33,36)/t19-,20-,21-/m0/s1. The Morgan fingerprint density at radius 2 is 1.62 bits per heavy atom. The normalized spacial score (nSPS) is 13.6. The average molecular weight is 511 g/mol. The largest absolute Gasteiger partial charge is 0.368 e. The molecule has 0 radical (unpaired) electrons. The summed E-state index contributed by atoms with van der Waals surface area (Å²) in [5, 5.41) is 8.93. The first-order valence-electron chi connectivity index (χ1n) is 12.1. The van der Waals surface area contributed by atoms with Gasteiger partial charge in [-0.25, -0.2) is 4.98 Å². The number of H-pyrrole nitrogens is 2. The first-order valence-corrected chi connectivity index (χ1v) is 12.1. The van der Waals surface area contributed by atoms with E-state index in [1.807, 2.05) is 38.1 Å². The Hall–Kier alpha value is -4.19. The number of carbonyl (C=O) groups is 4. The highest BCUT2D eigenvalue weighted by Crippen LogP contribution is 2.19. The summed E-state index contributed by atoms with van der Waals surface area (Å²) in [6.07, 6.45) is 5.36. The van der Waals surface area contributed by atoms with E-state index in [-0.39, 0.29) is 25.3 Å². The van der Waals surface area contributed by atoms with Crippen LogP contribution >= 0.6 is 0 Å². The first-order chi connectivity index (χ1) is 17.7. The molecule has 2 aromatic heterocycles. The number of hydrogen-bond donors (Lipinski definition) is 7. The van der Waals surface area contributed by atoms with Crippen molar-refractivity contribution in [3.63, 3.8) is 0 Å². The lowest BCUT2D eigenvalue weighted by Crippen LogP contribution is -2.58. The van der Waals surface area contributed by atoms with E-state index in [0.29, 0.717) is 12.1 Å². The number of para-hydroxylation sites is 1. The average Bonchev–Trinajstić information content (AvgIpc) is 3.52. The van der Waals surface area contributed by atoms with Gasteiger partial charge in [0.15, 0.2) is 0 Å². The quantitative estimate of drug-likeness (QED) is 0.163. The summed E-state index contributed by atoms with van der Waals surface area (Å²) in [5.41, 5.74) is 13.3. The van der Waals surface area contributed by atoms with E-state index < -0.39 is 41.8 Å². The fourth-order valence-electron chi connectivity index (χ4n) is 4.07. The van der Waals surface area contributed by atoms with Crippen LogP contribution in [0.15, 0.2) is 43.0 Å². The van der Waals surface area contributed by atoms with Crippen molar-refractivity contribution in [3.8, 4) is 0 Å². The van der Waals surface area contributed by atoms with E-state index in [0.717, 1.165) is 16.5 Å². The molecule has 0 bridgehead atoms. The molecule has 198 valence electrons. The number of rotatable bonds is 13. The minimum absolute atomic E-state index is 0.0787. The molecule has 0 unspecified atom stereocenters. The summed E-state index contributed by atoms with van der Waals surface area (Å²) in [5.74, 6) is -2.23. The molecule has 1 aromatic carbocycles. The lowest BCUT2D eigenvalue weighted by molar-refractivity contribution is -0.133. The maximum absolute atomic E-state index is 13.4. The van der Waals surface area contributed by atoms with E-state index in [1.54, 1.807) is 6.20 Å². The molecule has 3 rings (SSSR count). The van der Waals surface area contributed by atoms with Crippen LogP contribution in [-0.2, 0) is 32.0 Å². The highest BCUT2D eigenvalue weighted by atomic mass is 16.2. The molecule has 0 saturated heterocycles. The van der Waals surface area contributed by atoms with Crippen LogP contribution < -0.4 is 27.4 Å². The lowest BCUT2D eigenvalue weighted by atomic mass is 10.0. The van der Waals surface area contributed by atoms with Gasteiger partial charge < -0.3 is 37.4 Å².